The Bertz CT molecular complexity index is 1060. The Morgan fingerprint density at radius 1 is 1.10 bits per heavy atom. The van der Waals surface area contributed by atoms with E-state index in [9.17, 15) is 4.79 Å². The number of nitrogens with zero attached hydrogens (tertiary/aromatic N) is 2. The quantitative estimate of drug-likeness (QED) is 0.677. The summed E-state index contributed by atoms with van der Waals surface area (Å²) >= 11 is 0. The first-order valence-electron chi connectivity index (χ1n) is 10.6. The van der Waals surface area contributed by atoms with Gasteiger partial charge in [-0.25, -0.2) is 4.68 Å². The molecule has 1 aliphatic heterocycles. The maximum absolute atomic E-state index is 12.1. The van der Waals surface area contributed by atoms with E-state index in [0.29, 0.717) is 6.54 Å². The van der Waals surface area contributed by atoms with Gasteiger partial charge in [0.15, 0.2) is 0 Å². The number of rotatable bonds is 5. The van der Waals surface area contributed by atoms with Crippen LogP contribution in [0.1, 0.15) is 59.1 Å². The molecular formula is C25H30N4O. The van der Waals surface area contributed by atoms with Crippen LogP contribution in [0.5, 0.6) is 0 Å². The predicted molar refractivity (Wildman–Crippen MR) is 120 cm³/mol. The van der Waals surface area contributed by atoms with Gasteiger partial charge in [0.25, 0.3) is 5.91 Å². The van der Waals surface area contributed by atoms with E-state index in [1.807, 2.05) is 10.7 Å². The van der Waals surface area contributed by atoms with Crippen LogP contribution < -0.4 is 10.6 Å². The van der Waals surface area contributed by atoms with E-state index >= 15 is 0 Å². The van der Waals surface area contributed by atoms with E-state index in [1.54, 1.807) is 0 Å². The van der Waals surface area contributed by atoms with Gasteiger partial charge in [0, 0.05) is 42.4 Å². The highest BCUT2D eigenvalue weighted by Gasteiger charge is 2.23. The van der Waals surface area contributed by atoms with Crippen molar-refractivity contribution in [1.82, 2.24) is 20.4 Å². The fourth-order valence-electron chi connectivity index (χ4n) is 3.91. The molecule has 5 nitrogen and oxygen atoms in total. The number of hydrogen-bond donors (Lipinski definition) is 2. The van der Waals surface area contributed by atoms with Crippen molar-refractivity contribution < 1.29 is 4.79 Å². The number of nitrogens with one attached hydrogen (secondary N) is 2. The van der Waals surface area contributed by atoms with Crippen LogP contribution in [0, 0.1) is 6.92 Å². The second-order valence-corrected chi connectivity index (χ2v) is 9.13. The summed E-state index contributed by atoms with van der Waals surface area (Å²) in [5.41, 5.74) is 7.62. The van der Waals surface area contributed by atoms with Crippen molar-refractivity contribution in [2.75, 3.05) is 6.54 Å². The lowest BCUT2D eigenvalue weighted by atomic mass is 9.89. The topological polar surface area (TPSA) is 59.0 Å². The summed E-state index contributed by atoms with van der Waals surface area (Å²) in [6.45, 7) is 10.8. The molecule has 0 saturated carbocycles. The zero-order chi connectivity index (χ0) is 21.3. The molecule has 2 N–H and O–H groups in total. The second kappa shape index (κ2) is 8.07. The Hall–Kier alpha value is -2.92. The fraction of sp³-hybridized carbons (Fsp3) is 0.360. The summed E-state index contributed by atoms with van der Waals surface area (Å²) in [7, 11) is 0. The lowest BCUT2D eigenvalue weighted by Gasteiger charge is -2.18. The number of aromatic nitrogens is 2. The van der Waals surface area contributed by atoms with Gasteiger partial charge in [-0.15, -0.1) is 0 Å². The summed E-state index contributed by atoms with van der Waals surface area (Å²) in [5, 5.41) is 11.4. The Balaban J connectivity index is 1.51. The molecule has 0 fully saturated rings. The molecule has 1 aromatic heterocycles. The van der Waals surface area contributed by atoms with Gasteiger partial charge in [-0.1, -0.05) is 50.6 Å². The van der Waals surface area contributed by atoms with Crippen LogP contribution in [0.4, 0.5) is 0 Å². The lowest BCUT2D eigenvalue weighted by molar-refractivity contribution is 0.0946. The highest BCUT2D eigenvalue weighted by Crippen LogP contribution is 2.26. The fourth-order valence-corrected chi connectivity index (χ4v) is 3.91. The van der Waals surface area contributed by atoms with Crippen molar-refractivity contribution in [3.05, 3.63) is 82.2 Å². The maximum atomic E-state index is 12.1. The zero-order valence-corrected chi connectivity index (χ0v) is 18.2. The predicted octanol–water partition coefficient (Wildman–Crippen LogP) is 4.05. The minimum Gasteiger partial charge on any atom is -0.352 e. The van der Waals surface area contributed by atoms with Gasteiger partial charge in [-0.05, 0) is 42.7 Å². The smallest absolute Gasteiger partial charge is 0.251 e. The van der Waals surface area contributed by atoms with Crippen LogP contribution >= 0.6 is 0 Å². The number of benzene rings is 2. The Morgan fingerprint density at radius 2 is 1.87 bits per heavy atom. The molecule has 5 heteroatoms. The summed E-state index contributed by atoms with van der Waals surface area (Å²) < 4.78 is 1.97. The van der Waals surface area contributed by atoms with E-state index in [4.69, 9.17) is 5.10 Å². The molecule has 1 amide bonds. The summed E-state index contributed by atoms with van der Waals surface area (Å²) in [5.74, 6) is 0.0347. The minimum absolute atomic E-state index is 0.0347. The molecule has 0 bridgehead atoms. The van der Waals surface area contributed by atoms with Crippen molar-refractivity contribution in [3.8, 4) is 5.69 Å². The Morgan fingerprint density at radius 3 is 2.60 bits per heavy atom. The van der Waals surface area contributed by atoms with Crippen molar-refractivity contribution in [2.45, 2.75) is 52.6 Å². The molecule has 30 heavy (non-hydrogen) atoms. The number of fused-ring (bicyclic) bond motifs is 1. The van der Waals surface area contributed by atoms with Gasteiger partial charge < -0.3 is 10.6 Å². The first kappa shape index (κ1) is 20.4. The number of carbonyl (C=O) groups is 1. The van der Waals surface area contributed by atoms with Gasteiger partial charge in [0.1, 0.15) is 0 Å². The van der Waals surface area contributed by atoms with Gasteiger partial charge in [0.05, 0.1) is 11.4 Å². The summed E-state index contributed by atoms with van der Waals surface area (Å²) in [4.78, 5) is 12.1. The number of carbonyl (C=O) groups excluding carboxylic acids is 1. The Kier molecular flexibility index (Phi) is 5.48. The average molecular weight is 403 g/mol. The maximum Gasteiger partial charge on any atom is 0.251 e. The van der Waals surface area contributed by atoms with E-state index in [2.05, 4.69) is 80.9 Å². The van der Waals surface area contributed by atoms with Gasteiger partial charge in [0.2, 0.25) is 0 Å². The molecule has 0 unspecified atom stereocenters. The molecule has 3 aromatic rings. The van der Waals surface area contributed by atoms with Crippen LogP contribution in [-0.4, -0.2) is 22.2 Å². The minimum atomic E-state index is -0.0448. The molecular weight excluding hydrogens is 372 g/mol. The molecule has 0 radical (unpaired) electrons. The molecule has 0 atom stereocenters. The highest BCUT2D eigenvalue weighted by molar-refractivity contribution is 5.96. The SMILES string of the molecule is Cc1ccc(-n2cc(CNCc3ccc4c(c3)C(=O)NCC4)c(C(C)(C)C)n2)cc1. The van der Waals surface area contributed by atoms with Gasteiger partial charge in [-0.3, -0.25) is 4.79 Å². The van der Waals surface area contributed by atoms with Crippen molar-refractivity contribution in [2.24, 2.45) is 0 Å². The van der Waals surface area contributed by atoms with E-state index in [1.165, 1.54) is 11.1 Å². The normalized spacial score (nSPS) is 13.8. The third kappa shape index (κ3) is 4.31. The molecule has 2 heterocycles. The third-order valence-corrected chi connectivity index (χ3v) is 5.54. The standard InChI is InChI=1S/C25H30N4O/c1-17-5-9-21(10-6-17)29-16-20(23(28-29)25(2,3)4)15-26-14-18-7-8-19-11-12-27-24(30)22(19)13-18/h5-10,13,16,26H,11-12,14-15H2,1-4H3,(H,27,30). The molecule has 4 rings (SSSR count). The zero-order valence-electron chi connectivity index (χ0n) is 18.2. The van der Waals surface area contributed by atoms with Crippen LogP contribution in [0.15, 0.2) is 48.7 Å². The first-order chi connectivity index (χ1) is 14.3. The third-order valence-electron chi connectivity index (χ3n) is 5.54. The van der Waals surface area contributed by atoms with Crippen molar-refractivity contribution >= 4 is 5.91 Å². The van der Waals surface area contributed by atoms with Gasteiger partial charge in [-0.2, -0.15) is 5.10 Å². The molecule has 0 spiro atoms. The van der Waals surface area contributed by atoms with Crippen LogP contribution in [0.3, 0.4) is 0 Å². The van der Waals surface area contributed by atoms with Crippen LogP contribution in [0.25, 0.3) is 5.69 Å². The largest absolute Gasteiger partial charge is 0.352 e. The molecule has 0 aliphatic carbocycles. The van der Waals surface area contributed by atoms with E-state index in [-0.39, 0.29) is 11.3 Å². The first-order valence-corrected chi connectivity index (χ1v) is 10.6. The van der Waals surface area contributed by atoms with Crippen LogP contribution in [0.2, 0.25) is 0 Å². The summed E-state index contributed by atoms with van der Waals surface area (Å²) in [6, 6.07) is 14.6. The van der Waals surface area contributed by atoms with Gasteiger partial charge >= 0.3 is 0 Å². The molecule has 0 saturated heterocycles. The van der Waals surface area contributed by atoms with E-state index < -0.39 is 0 Å². The van der Waals surface area contributed by atoms with Crippen molar-refractivity contribution in [1.29, 1.82) is 0 Å². The number of aryl methyl sites for hydroxylation is 1. The molecule has 2 aromatic carbocycles. The highest BCUT2D eigenvalue weighted by atomic mass is 16.1. The monoisotopic (exact) mass is 402 g/mol. The molecule has 156 valence electrons. The number of amides is 1. The Labute approximate surface area is 178 Å². The van der Waals surface area contributed by atoms with Crippen molar-refractivity contribution in [3.63, 3.8) is 0 Å². The molecule has 1 aliphatic rings. The van der Waals surface area contributed by atoms with E-state index in [0.717, 1.165) is 47.6 Å². The second-order valence-electron chi connectivity index (χ2n) is 9.13. The van der Waals surface area contributed by atoms with Crippen LogP contribution in [-0.2, 0) is 24.9 Å². The summed E-state index contributed by atoms with van der Waals surface area (Å²) in [6.07, 6.45) is 3.03. The lowest BCUT2D eigenvalue weighted by Crippen LogP contribution is -2.32. The average Bonchev–Trinajstić information content (AvgIpc) is 3.14. The number of hydrogen-bond acceptors (Lipinski definition) is 3.